The molecule has 1 N–H and O–H groups in total. The SMILES string of the molecule is Cc1nc(-c2ccc(C(=O)N3CCC(C(=O)N[C@H]4CCCc5ccccc54)CC3)cc2)no1. The Kier molecular flexibility index (Phi) is 5.94. The Bertz CT molecular complexity index is 1150. The van der Waals surface area contributed by atoms with Crippen molar-refractivity contribution in [1.82, 2.24) is 20.4 Å². The molecule has 0 bridgehead atoms. The number of carbonyl (C=O) groups excluding carboxylic acids is 2. The highest BCUT2D eigenvalue weighted by Crippen LogP contribution is 2.30. The van der Waals surface area contributed by atoms with Crippen molar-refractivity contribution in [1.29, 1.82) is 0 Å². The van der Waals surface area contributed by atoms with Gasteiger partial charge in [0, 0.05) is 37.1 Å². The molecule has 2 aliphatic rings. The summed E-state index contributed by atoms with van der Waals surface area (Å²) in [5, 5.41) is 7.19. The van der Waals surface area contributed by atoms with Crippen LogP contribution in [0.2, 0.25) is 0 Å². The minimum Gasteiger partial charge on any atom is -0.349 e. The monoisotopic (exact) mass is 444 g/mol. The molecule has 0 unspecified atom stereocenters. The van der Waals surface area contributed by atoms with Crippen LogP contribution in [0.25, 0.3) is 11.4 Å². The third kappa shape index (κ3) is 4.53. The molecule has 170 valence electrons. The lowest BCUT2D eigenvalue weighted by atomic mass is 9.87. The van der Waals surface area contributed by atoms with Gasteiger partial charge in [0.15, 0.2) is 0 Å². The van der Waals surface area contributed by atoms with E-state index < -0.39 is 0 Å². The van der Waals surface area contributed by atoms with Gasteiger partial charge in [-0.15, -0.1) is 0 Å². The molecule has 2 aromatic carbocycles. The Balaban J connectivity index is 1.16. The molecule has 0 radical (unpaired) electrons. The lowest BCUT2D eigenvalue weighted by Crippen LogP contribution is -2.44. The summed E-state index contributed by atoms with van der Waals surface area (Å²) >= 11 is 0. The van der Waals surface area contributed by atoms with E-state index in [0.29, 0.717) is 43.2 Å². The number of amides is 2. The summed E-state index contributed by atoms with van der Waals surface area (Å²) < 4.78 is 5.02. The van der Waals surface area contributed by atoms with Crippen LogP contribution in [0.15, 0.2) is 53.1 Å². The van der Waals surface area contributed by atoms with Crippen molar-refractivity contribution in [3.63, 3.8) is 0 Å². The summed E-state index contributed by atoms with van der Waals surface area (Å²) in [5.74, 6) is 1.07. The lowest BCUT2D eigenvalue weighted by Gasteiger charge is -2.33. The van der Waals surface area contributed by atoms with Crippen LogP contribution in [-0.4, -0.2) is 39.9 Å². The maximum atomic E-state index is 13.0. The summed E-state index contributed by atoms with van der Waals surface area (Å²) in [5.41, 5.74) is 4.03. The number of piperidine rings is 1. The largest absolute Gasteiger partial charge is 0.349 e. The maximum absolute atomic E-state index is 13.0. The summed E-state index contributed by atoms with van der Waals surface area (Å²) in [7, 11) is 0. The van der Waals surface area contributed by atoms with Crippen LogP contribution in [-0.2, 0) is 11.2 Å². The second-order valence-corrected chi connectivity index (χ2v) is 8.93. The third-order valence-corrected chi connectivity index (χ3v) is 6.76. The van der Waals surface area contributed by atoms with Gasteiger partial charge < -0.3 is 14.7 Å². The molecule has 3 aromatic rings. The summed E-state index contributed by atoms with van der Waals surface area (Å²) in [6, 6.07) is 15.8. The first-order chi connectivity index (χ1) is 16.1. The number of carbonyl (C=O) groups is 2. The van der Waals surface area contributed by atoms with Crippen molar-refractivity contribution >= 4 is 11.8 Å². The predicted octanol–water partition coefficient (Wildman–Crippen LogP) is 4.09. The molecule has 0 spiro atoms. The zero-order chi connectivity index (χ0) is 22.8. The van der Waals surface area contributed by atoms with Crippen molar-refractivity contribution < 1.29 is 14.1 Å². The molecular weight excluding hydrogens is 416 g/mol. The molecule has 1 fully saturated rings. The standard InChI is InChI=1S/C26H28N4O3/c1-17-27-24(29-33-17)19-9-11-21(12-10-19)26(32)30-15-13-20(14-16-30)25(31)28-23-8-4-6-18-5-2-3-7-22(18)23/h2-3,5,7,9-12,20,23H,4,6,8,13-16H2,1H3,(H,28,31)/t23-/m0/s1. The fraction of sp³-hybridized carbons (Fsp3) is 0.385. The zero-order valence-electron chi connectivity index (χ0n) is 18.8. The molecule has 2 amide bonds. The normalized spacial score (nSPS) is 18.6. The van der Waals surface area contributed by atoms with Gasteiger partial charge in [-0.1, -0.05) is 41.6 Å². The number of hydrogen-bond donors (Lipinski definition) is 1. The van der Waals surface area contributed by atoms with Crippen molar-refractivity contribution in [2.24, 2.45) is 5.92 Å². The number of fused-ring (bicyclic) bond motifs is 1. The second-order valence-electron chi connectivity index (χ2n) is 8.93. The molecular formula is C26H28N4O3. The van der Waals surface area contributed by atoms with Crippen molar-refractivity contribution in [3.8, 4) is 11.4 Å². The van der Waals surface area contributed by atoms with Crippen molar-refractivity contribution in [3.05, 3.63) is 71.1 Å². The second kappa shape index (κ2) is 9.17. The third-order valence-electron chi connectivity index (χ3n) is 6.76. The van der Waals surface area contributed by atoms with Gasteiger partial charge in [0.05, 0.1) is 6.04 Å². The molecule has 0 saturated carbocycles. The van der Waals surface area contributed by atoms with E-state index in [1.807, 2.05) is 23.1 Å². The predicted molar refractivity (Wildman–Crippen MR) is 123 cm³/mol. The number of aryl methyl sites for hydroxylation is 2. The Labute approximate surface area is 193 Å². The Hall–Kier alpha value is -3.48. The quantitative estimate of drug-likeness (QED) is 0.655. The molecule has 5 rings (SSSR count). The van der Waals surface area contributed by atoms with E-state index in [1.165, 1.54) is 11.1 Å². The van der Waals surface area contributed by atoms with Gasteiger partial charge >= 0.3 is 0 Å². The number of nitrogens with one attached hydrogen (secondary N) is 1. The highest BCUT2D eigenvalue weighted by atomic mass is 16.5. The van der Waals surface area contributed by atoms with Crippen LogP contribution in [0, 0.1) is 12.8 Å². The number of aromatic nitrogens is 2. The molecule has 2 heterocycles. The molecule has 33 heavy (non-hydrogen) atoms. The lowest BCUT2D eigenvalue weighted by molar-refractivity contribution is -0.127. The summed E-state index contributed by atoms with van der Waals surface area (Å²) in [6.07, 6.45) is 4.54. The first-order valence-corrected chi connectivity index (χ1v) is 11.7. The Morgan fingerprint density at radius 2 is 1.79 bits per heavy atom. The van der Waals surface area contributed by atoms with Crippen LogP contribution >= 0.6 is 0 Å². The molecule has 1 aliphatic carbocycles. The van der Waals surface area contributed by atoms with E-state index >= 15 is 0 Å². The topological polar surface area (TPSA) is 88.3 Å². The average molecular weight is 445 g/mol. The number of likely N-dealkylation sites (tertiary alicyclic amines) is 1. The highest BCUT2D eigenvalue weighted by Gasteiger charge is 2.30. The van der Waals surface area contributed by atoms with E-state index in [9.17, 15) is 9.59 Å². The van der Waals surface area contributed by atoms with Crippen LogP contribution in [0.5, 0.6) is 0 Å². The van der Waals surface area contributed by atoms with Crippen LogP contribution < -0.4 is 5.32 Å². The van der Waals surface area contributed by atoms with Gasteiger partial charge in [-0.2, -0.15) is 4.98 Å². The minimum atomic E-state index is -0.0491. The van der Waals surface area contributed by atoms with Crippen LogP contribution in [0.3, 0.4) is 0 Å². The van der Waals surface area contributed by atoms with Gasteiger partial charge in [-0.3, -0.25) is 9.59 Å². The number of rotatable bonds is 4. The fourth-order valence-corrected chi connectivity index (χ4v) is 4.90. The Morgan fingerprint density at radius 3 is 2.52 bits per heavy atom. The van der Waals surface area contributed by atoms with E-state index in [0.717, 1.165) is 24.8 Å². The highest BCUT2D eigenvalue weighted by molar-refractivity contribution is 5.94. The molecule has 7 heteroatoms. The van der Waals surface area contributed by atoms with Gasteiger partial charge in [0.1, 0.15) is 0 Å². The summed E-state index contributed by atoms with van der Waals surface area (Å²) in [4.78, 5) is 32.0. The molecule has 1 atom stereocenters. The van der Waals surface area contributed by atoms with Gasteiger partial charge in [-0.05, 0) is 55.4 Å². The van der Waals surface area contributed by atoms with Crippen LogP contribution in [0.1, 0.15) is 59.1 Å². The molecule has 1 saturated heterocycles. The smallest absolute Gasteiger partial charge is 0.253 e. The van der Waals surface area contributed by atoms with E-state index in [4.69, 9.17) is 4.52 Å². The van der Waals surface area contributed by atoms with Gasteiger partial charge in [0.25, 0.3) is 5.91 Å². The maximum Gasteiger partial charge on any atom is 0.253 e. The molecule has 7 nitrogen and oxygen atoms in total. The van der Waals surface area contributed by atoms with Crippen molar-refractivity contribution in [2.45, 2.75) is 45.1 Å². The summed E-state index contributed by atoms with van der Waals surface area (Å²) in [6.45, 7) is 2.92. The van der Waals surface area contributed by atoms with Gasteiger partial charge in [-0.25, -0.2) is 0 Å². The number of nitrogens with zero attached hydrogens (tertiary/aromatic N) is 3. The van der Waals surface area contributed by atoms with Crippen LogP contribution in [0.4, 0.5) is 0 Å². The minimum absolute atomic E-state index is 0.00842. The first kappa shape index (κ1) is 21.4. The van der Waals surface area contributed by atoms with Gasteiger partial charge in [0.2, 0.25) is 17.6 Å². The average Bonchev–Trinajstić information content (AvgIpc) is 3.30. The molecule has 1 aliphatic heterocycles. The zero-order valence-corrected chi connectivity index (χ0v) is 18.8. The van der Waals surface area contributed by atoms with E-state index in [2.05, 4.69) is 33.7 Å². The van der Waals surface area contributed by atoms with Crippen molar-refractivity contribution in [2.75, 3.05) is 13.1 Å². The van der Waals surface area contributed by atoms with E-state index in [1.54, 1.807) is 19.1 Å². The Morgan fingerprint density at radius 1 is 1.03 bits per heavy atom. The van der Waals surface area contributed by atoms with E-state index in [-0.39, 0.29) is 23.8 Å². The molecule has 1 aromatic heterocycles. The first-order valence-electron chi connectivity index (χ1n) is 11.7. The number of hydrogen-bond acceptors (Lipinski definition) is 5. The number of benzene rings is 2. The fourth-order valence-electron chi connectivity index (χ4n) is 4.90.